The van der Waals surface area contributed by atoms with Gasteiger partial charge in [-0.15, -0.1) is 0 Å². The van der Waals surface area contributed by atoms with E-state index in [0.29, 0.717) is 17.4 Å². The lowest BCUT2D eigenvalue weighted by atomic mass is 10.1. The first-order chi connectivity index (χ1) is 13.2. The number of nitrogens with zero attached hydrogens (tertiary/aromatic N) is 4. The summed E-state index contributed by atoms with van der Waals surface area (Å²) in [7, 11) is 0. The highest BCUT2D eigenvalue weighted by molar-refractivity contribution is 6.04. The van der Waals surface area contributed by atoms with Crippen LogP contribution in [-0.2, 0) is 4.74 Å². The Balaban J connectivity index is 1.42. The van der Waals surface area contributed by atoms with E-state index in [1.165, 1.54) is 19.3 Å². The van der Waals surface area contributed by atoms with Crippen molar-refractivity contribution in [3.63, 3.8) is 0 Å². The Labute approximate surface area is 159 Å². The summed E-state index contributed by atoms with van der Waals surface area (Å²) in [5.74, 6) is 0.406. The molecule has 4 rings (SSSR count). The van der Waals surface area contributed by atoms with Gasteiger partial charge in [-0.3, -0.25) is 9.48 Å². The van der Waals surface area contributed by atoms with Gasteiger partial charge in [0.1, 0.15) is 5.82 Å². The number of hydrogen-bond acceptors (Lipinski definition) is 5. The van der Waals surface area contributed by atoms with Gasteiger partial charge in [0.25, 0.3) is 5.91 Å². The SMILES string of the molecule is Cc1c(C(=O)Nc2ccc(N3CCCCC3)cn2)cnn1C1CCOCC1. The third-order valence-corrected chi connectivity index (χ3v) is 5.54. The Bertz CT molecular complexity index is 774. The first-order valence-electron chi connectivity index (χ1n) is 9.86. The average Bonchev–Trinajstić information content (AvgIpc) is 3.11. The van der Waals surface area contributed by atoms with Gasteiger partial charge in [0.15, 0.2) is 0 Å². The number of amides is 1. The lowest BCUT2D eigenvalue weighted by Crippen LogP contribution is -2.29. The van der Waals surface area contributed by atoms with Gasteiger partial charge < -0.3 is 15.0 Å². The lowest BCUT2D eigenvalue weighted by molar-refractivity contribution is 0.0656. The van der Waals surface area contributed by atoms with Gasteiger partial charge in [-0.25, -0.2) is 4.98 Å². The minimum absolute atomic E-state index is 0.163. The molecule has 0 aromatic carbocycles. The smallest absolute Gasteiger partial charge is 0.260 e. The molecule has 2 fully saturated rings. The molecule has 0 unspecified atom stereocenters. The molecule has 1 N–H and O–H groups in total. The highest BCUT2D eigenvalue weighted by Crippen LogP contribution is 2.24. The molecule has 144 valence electrons. The lowest BCUT2D eigenvalue weighted by Gasteiger charge is -2.28. The molecule has 0 bridgehead atoms. The average molecular weight is 369 g/mol. The summed E-state index contributed by atoms with van der Waals surface area (Å²) in [6.45, 7) is 5.61. The van der Waals surface area contributed by atoms with Crippen LogP contribution >= 0.6 is 0 Å². The number of ether oxygens (including phenoxy) is 1. The summed E-state index contributed by atoms with van der Waals surface area (Å²) in [6.07, 6.45) is 9.14. The van der Waals surface area contributed by atoms with Crippen molar-refractivity contribution in [2.45, 2.75) is 45.1 Å². The topological polar surface area (TPSA) is 72.3 Å². The van der Waals surface area contributed by atoms with Gasteiger partial charge in [0.2, 0.25) is 0 Å². The number of pyridine rings is 1. The van der Waals surface area contributed by atoms with E-state index >= 15 is 0 Å². The number of aromatic nitrogens is 3. The Morgan fingerprint density at radius 3 is 2.63 bits per heavy atom. The molecule has 0 saturated carbocycles. The Morgan fingerprint density at radius 2 is 1.93 bits per heavy atom. The summed E-state index contributed by atoms with van der Waals surface area (Å²) in [6, 6.07) is 4.22. The number of rotatable bonds is 4. The van der Waals surface area contributed by atoms with Crippen LogP contribution in [-0.4, -0.2) is 47.0 Å². The van der Waals surface area contributed by atoms with Crippen molar-refractivity contribution in [2.75, 3.05) is 36.5 Å². The number of hydrogen-bond donors (Lipinski definition) is 1. The maximum absolute atomic E-state index is 12.7. The van der Waals surface area contributed by atoms with E-state index in [4.69, 9.17) is 4.74 Å². The molecule has 0 spiro atoms. The first-order valence-corrected chi connectivity index (χ1v) is 9.86. The quantitative estimate of drug-likeness (QED) is 0.896. The highest BCUT2D eigenvalue weighted by Gasteiger charge is 2.22. The normalized spacial score (nSPS) is 18.5. The van der Waals surface area contributed by atoms with Crippen LogP contribution in [0.4, 0.5) is 11.5 Å². The third-order valence-electron chi connectivity index (χ3n) is 5.54. The molecular formula is C20H27N5O2. The van der Waals surface area contributed by atoms with E-state index in [2.05, 4.69) is 20.3 Å². The fourth-order valence-corrected chi connectivity index (χ4v) is 3.93. The minimum atomic E-state index is -0.163. The second kappa shape index (κ2) is 8.08. The van der Waals surface area contributed by atoms with Gasteiger partial charge in [-0.05, 0) is 51.2 Å². The molecule has 27 heavy (non-hydrogen) atoms. The fourth-order valence-electron chi connectivity index (χ4n) is 3.93. The molecule has 2 aliphatic heterocycles. The van der Waals surface area contributed by atoms with E-state index in [0.717, 1.165) is 50.5 Å². The zero-order valence-electron chi connectivity index (χ0n) is 15.9. The fraction of sp³-hybridized carbons (Fsp3) is 0.550. The molecule has 0 radical (unpaired) electrons. The Kier molecular flexibility index (Phi) is 5.38. The van der Waals surface area contributed by atoms with Crippen LogP contribution in [0.25, 0.3) is 0 Å². The summed E-state index contributed by atoms with van der Waals surface area (Å²) in [5.41, 5.74) is 2.61. The molecule has 2 saturated heterocycles. The predicted octanol–water partition coefficient (Wildman–Crippen LogP) is 3.18. The largest absolute Gasteiger partial charge is 0.381 e. The van der Waals surface area contributed by atoms with Crippen LogP contribution in [0, 0.1) is 6.92 Å². The van der Waals surface area contributed by atoms with Crippen molar-refractivity contribution in [3.05, 3.63) is 35.8 Å². The summed E-state index contributed by atoms with van der Waals surface area (Å²) in [4.78, 5) is 19.5. The molecule has 0 atom stereocenters. The zero-order valence-corrected chi connectivity index (χ0v) is 15.9. The van der Waals surface area contributed by atoms with Crippen LogP contribution in [0.5, 0.6) is 0 Å². The van der Waals surface area contributed by atoms with Gasteiger partial charge in [0, 0.05) is 32.0 Å². The van der Waals surface area contributed by atoms with Crippen molar-refractivity contribution in [1.82, 2.24) is 14.8 Å². The molecule has 2 aromatic heterocycles. The summed E-state index contributed by atoms with van der Waals surface area (Å²) in [5, 5.41) is 7.35. The van der Waals surface area contributed by atoms with Gasteiger partial charge >= 0.3 is 0 Å². The number of nitrogens with one attached hydrogen (secondary N) is 1. The molecule has 4 heterocycles. The van der Waals surface area contributed by atoms with Crippen LogP contribution in [0.2, 0.25) is 0 Å². The van der Waals surface area contributed by atoms with E-state index in [-0.39, 0.29) is 5.91 Å². The monoisotopic (exact) mass is 369 g/mol. The van der Waals surface area contributed by atoms with Crippen molar-refractivity contribution in [2.24, 2.45) is 0 Å². The predicted molar refractivity (Wildman–Crippen MR) is 104 cm³/mol. The van der Waals surface area contributed by atoms with Crippen molar-refractivity contribution in [1.29, 1.82) is 0 Å². The van der Waals surface area contributed by atoms with Crippen LogP contribution < -0.4 is 10.2 Å². The molecule has 1 amide bonds. The van der Waals surface area contributed by atoms with Crippen molar-refractivity contribution >= 4 is 17.4 Å². The second-order valence-electron chi connectivity index (χ2n) is 7.34. The zero-order chi connectivity index (χ0) is 18.6. The summed E-state index contributed by atoms with van der Waals surface area (Å²) < 4.78 is 7.38. The van der Waals surface area contributed by atoms with Crippen molar-refractivity contribution < 1.29 is 9.53 Å². The van der Waals surface area contributed by atoms with E-state index in [1.54, 1.807) is 6.20 Å². The highest BCUT2D eigenvalue weighted by atomic mass is 16.5. The number of piperidine rings is 1. The first kappa shape index (κ1) is 18.0. The van der Waals surface area contributed by atoms with Gasteiger partial charge in [-0.2, -0.15) is 5.10 Å². The third kappa shape index (κ3) is 3.98. The van der Waals surface area contributed by atoms with E-state index in [1.807, 2.05) is 29.9 Å². The molecule has 2 aliphatic rings. The Morgan fingerprint density at radius 1 is 1.15 bits per heavy atom. The maximum Gasteiger partial charge on any atom is 0.260 e. The van der Waals surface area contributed by atoms with Crippen molar-refractivity contribution in [3.8, 4) is 0 Å². The number of carbonyl (C=O) groups is 1. The van der Waals surface area contributed by atoms with Gasteiger partial charge in [-0.1, -0.05) is 0 Å². The minimum Gasteiger partial charge on any atom is -0.381 e. The number of carbonyl (C=O) groups excluding carboxylic acids is 1. The molecular weight excluding hydrogens is 342 g/mol. The number of anilines is 2. The Hall–Kier alpha value is -2.41. The van der Waals surface area contributed by atoms with E-state index < -0.39 is 0 Å². The maximum atomic E-state index is 12.7. The van der Waals surface area contributed by atoms with Crippen LogP contribution in [0.1, 0.15) is 54.2 Å². The van der Waals surface area contributed by atoms with Crippen LogP contribution in [0.15, 0.2) is 24.5 Å². The molecule has 7 nitrogen and oxygen atoms in total. The van der Waals surface area contributed by atoms with Gasteiger partial charge in [0.05, 0.1) is 29.7 Å². The van der Waals surface area contributed by atoms with Crippen LogP contribution in [0.3, 0.4) is 0 Å². The molecule has 7 heteroatoms. The summed E-state index contributed by atoms with van der Waals surface area (Å²) >= 11 is 0. The standard InChI is InChI=1S/C20H27N5O2/c1-15-18(14-22-25(15)16-7-11-27-12-8-16)20(26)23-19-6-5-17(13-21-19)24-9-3-2-4-10-24/h5-6,13-14,16H,2-4,7-12H2,1H3,(H,21,23,26). The van der Waals surface area contributed by atoms with E-state index in [9.17, 15) is 4.79 Å². The second-order valence-corrected chi connectivity index (χ2v) is 7.34. The molecule has 0 aliphatic carbocycles. The molecule has 2 aromatic rings.